The molecule has 34 heavy (non-hydrogen) atoms. The van der Waals surface area contributed by atoms with E-state index in [1.165, 1.54) is 0 Å². The molecule has 3 aromatic rings. The van der Waals surface area contributed by atoms with E-state index in [2.05, 4.69) is 15.6 Å². The molecule has 8 heteroatoms. The first kappa shape index (κ1) is 23.0. The molecule has 174 valence electrons. The molecule has 0 radical (unpaired) electrons. The molecule has 1 atom stereocenters. The summed E-state index contributed by atoms with van der Waals surface area (Å²) in [6, 6.07) is 19.5. The molecule has 1 aromatic heterocycles. The van der Waals surface area contributed by atoms with Crippen LogP contribution in [0.25, 0.3) is 10.9 Å². The molecule has 0 fully saturated rings. The van der Waals surface area contributed by atoms with E-state index >= 15 is 0 Å². The number of nitrogens with zero attached hydrogens (tertiary/aromatic N) is 1. The molecule has 0 saturated carbocycles. The molecule has 2 N–H and O–H groups in total. The van der Waals surface area contributed by atoms with Gasteiger partial charge in [-0.2, -0.15) is 0 Å². The van der Waals surface area contributed by atoms with Crippen LogP contribution in [0.1, 0.15) is 30.6 Å². The lowest BCUT2D eigenvalue weighted by Crippen LogP contribution is -2.47. The number of urea groups is 1. The van der Waals surface area contributed by atoms with E-state index in [0.717, 1.165) is 16.6 Å². The zero-order valence-corrected chi connectivity index (χ0v) is 18.7. The lowest BCUT2D eigenvalue weighted by molar-refractivity contribution is -0.143. The van der Waals surface area contributed by atoms with Gasteiger partial charge in [0.25, 0.3) is 0 Å². The van der Waals surface area contributed by atoms with Crippen molar-refractivity contribution in [3.05, 3.63) is 89.3 Å². The van der Waals surface area contributed by atoms with Crippen molar-refractivity contribution in [2.24, 2.45) is 0 Å². The first-order valence-electron chi connectivity index (χ1n) is 11.1. The number of aryl methyl sites for hydroxylation is 1. The van der Waals surface area contributed by atoms with Crippen LogP contribution in [0, 0.1) is 0 Å². The Morgan fingerprint density at radius 3 is 2.53 bits per heavy atom. The Morgan fingerprint density at radius 1 is 0.971 bits per heavy atom. The van der Waals surface area contributed by atoms with Crippen LogP contribution < -0.4 is 10.6 Å². The Balaban J connectivity index is 1.47. The predicted octanol–water partition coefficient (Wildman–Crippen LogP) is 3.58. The van der Waals surface area contributed by atoms with Gasteiger partial charge in [-0.15, -0.1) is 0 Å². The Bertz CT molecular complexity index is 1240. The van der Waals surface area contributed by atoms with Crippen LogP contribution in [0.2, 0.25) is 0 Å². The van der Waals surface area contributed by atoms with Crippen LogP contribution in [0.3, 0.4) is 0 Å². The molecule has 8 nitrogen and oxygen atoms in total. The number of para-hydroxylation sites is 1. The second kappa shape index (κ2) is 10.6. The van der Waals surface area contributed by atoms with Crippen LogP contribution in [0.4, 0.5) is 4.79 Å². The van der Waals surface area contributed by atoms with E-state index in [1.807, 2.05) is 54.6 Å². The number of fused-ring (bicyclic) bond motifs is 1. The molecular weight excluding hydrogens is 434 g/mol. The number of carbonyl (C=O) groups is 3. The highest BCUT2D eigenvalue weighted by molar-refractivity contribution is 5.95. The van der Waals surface area contributed by atoms with Gasteiger partial charge >= 0.3 is 18.0 Å². The number of amides is 2. The molecule has 1 aliphatic rings. The number of hydrogen-bond donors (Lipinski definition) is 2. The van der Waals surface area contributed by atoms with E-state index < -0.39 is 24.0 Å². The number of carbonyl (C=O) groups excluding carboxylic acids is 3. The van der Waals surface area contributed by atoms with Gasteiger partial charge in [0.2, 0.25) is 0 Å². The number of pyridine rings is 1. The van der Waals surface area contributed by atoms with Gasteiger partial charge in [0, 0.05) is 17.5 Å². The van der Waals surface area contributed by atoms with Crippen LogP contribution in [0.5, 0.6) is 0 Å². The second-order valence-electron chi connectivity index (χ2n) is 7.71. The van der Waals surface area contributed by atoms with E-state index in [-0.39, 0.29) is 30.9 Å². The summed E-state index contributed by atoms with van der Waals surface area (Å²) in [5.41, 5.74) is 2.76. The zero-order valence-electron chi connectivity index (χ0n) is 18.7. The minimum Gasteiger partial charge on any atom is -0.463 e. The molecule has 2 heterocycles. The van der Waals surface area contributed by atoms with Crippen molar-refractivity contribution in [1.29, 1.82) is 0 Å². The first-order valence-corrected chi connectivity index (χ1v) is 11.1. The third-order valence-corrected chi connectivity index (χ3v) is 5.40. The Labute approximate surface area is 197 Å². The van der Waals surface area contributed by atoms with Crippen LogP contribution in [-0.2, 0) is 25.5 Å². The number of esters is 2. The average molecular weight is 460 g/mol. The fourth-order valence-corrected chi connectivity index (χ4v) is 3.78. The van der Waals surface area contributed by atoms with Crippen LogP contribution >= 0.6 is 0 Å². The number of nitrogens with one attached hydrogen (secondary N) is 2. The topological polar surface area (TPSA) is 107 Å². The molecule has 0 spiro atoms. The summed E-state index contributed by atoms with van der Waals surface area (Å²) in [4.78, 5) is 42.0. The molecule has 0 saturated heterocycles. The van der Waals surface area contributed by atoms with Crippen molar-refractivity contribution in [3.63, 3.8) is 0 Å². The van der Waals surface area contributed by atoms with Crippen molar-refractivity contribution in [3.8, 4) is 0 Å². The Hall–Kier alpha value is -4.20. The first-order chi connectivity index (χ1) is 16.5. The van der Waals surface area contributed by atoms with Crippen LogP contribution in [-0.4, -0.2) is 36.2 Å². The van der Waals surface area contributed by atoms with Gasteiger partial charge < -0.3 is 20.1 Å². The van der Waals surface area contributed by atoms with Gasteiger partial charge in [0.05, 0.1) is 35.9 Å². The summed E-state index contributed by atoms with van der Waals surface area (Å²) >= 11 is 0. The summed E-state index contributed by atoms with van der Waals surface area (Å²) in [5.74, 6) is -1.05. The summed E-state index contributed by atoms with van der Waals surface area (Å²) in [7, 11) is 0. The van der Waals surface area contributed by atoms with Gasteiger partial charge in [-0.05, 0) is 24.6 Å². The van der Waals surface area contributed by atoms with E-state index in [0.29, 0.717) is 12.0 Å². The van der Waals surface area contributed by atoms with Crippen molar-refractivity contribution in [1.82, 2.24) is 15.6 Å². The monoisotopic (exact) mass is 459 g/mol. The number of benzene rings is 2. The van der Waals surface area contributed by atoms with Gasteiger partial charge in [0.1, 0.15) is 6.61 Å². The molecule has 0 aliphatic carbocycles. The van der Waals surface area contributed by atoms with Crippen molar-refractivity contribution >= 4 is 28.9 Å². The van der Waals surface area contributed by atoms with Gasteiger partial charge in [-0.3, -0.25) is 9.78 Å². The van der Waals surface area contributed by atoms with Gasteiger partial charge in [-0.1, -0.05) is 54.6 Å². The highest BCUT2D eigenvalue weighted by atomic mass is 16.5. The van der Waals surface area contributed by atoms with Crippen LogP contribution in [0.15, 0.2) is 78.0 Å². The summed E-state index contributed by atoms with van der Waals surface area (Å²) in [5, 5.41) is 6.37. The number of rotatable bonds is 8. The molecule has 2 amide bonds. The average Bonchev–Trinajstić information content (AvgIpc) is 2.86. The lowest BCUT2D eigenvalue weighted by atomic mass is 9.95. The minimum atomic E-state index is -0.718. The summed E-state index contributed by atoms with van der Waals surface area (Å²) in [6.07, 6.45) is 0.523. The fraction of sp³-hybridized carbons (Fsp3) is 0.231. The second-order valence-corrected chi connectivity index (χ2v) is 7.71. The maximum atomic E-state index is 12.7. The fourth-order valence-electron chi connectivity index (χ4n) is 3.78. The smallest absolute Gasteiger partial charge is 0.338 e. The van der Waals surface area contributed by atoms with E-state index in [4.69, 9.17) is 9.47 Å². The van der Waals surface area contributed by atoms with E-state index in [9.17, 15) is 14.4 Å². The van der Waals surface area contributed by atoms with Crippen molar-refractivity contribution < 1.29 is 23.9 Å². The number of hydrogen-bond acceptors (Lipinski definition) is 6. The standard InChI is InChI=1S/C26H25N3O5/c1-2-33-25(31)23-21(28-26(32)29-24(23)18-9-4-3-5-10-18)16-34-22(30)15-14-19-13-12-17-8-6-7-11-20(17)27-19/h3-13,24H,2,14-16H2,1H3,(H2,28,29,32). The molecule has 1 unspecified atom stereocenters. The highest BCUT2D eigenvalue weighted by Gasteiger charge is 2.34. The SMILES string of the molecule is CCOC(=O)C1=C(COC(=O)CCc2ccc3ccccc3n2)NC(=O)NC1c1ccccc1. The molecule has 2 aromatic carbocycles. The maximum absolute atomic E-state index is 12.7. The molecule has 0 bridgehead atoms. The quantitative estimate of drug-likeness (QED) is 0.499. The van der Waals surface area contributed by atoms with Gasteiger partial charge in [-0.25, -0.2) is 9.59 Å². The Kier molecular flexibility index (Phi) is 7.17. The Morgan fingerprint density at radius 2 is 1.74 bits per heavy atom. The maximum Gasteiger partial charge on any atom is 0.338 e. The van der Waals surface area contributed by atoms with Crippen molar-refractivity contribution in [2.75, 3.05) is 13.2 Å². The number of aromatic nitrogens is 1. The lowest BCUT2D eigenvalue weighted by Gasteiger charge is -2.29. The zero-order chi connectivity index (χ0) is 23.9. The van der Waals surface area contributed by atoms with E-state index in [1.54, 1.807) is 19.1 Å². The van der Waals surface area contributed by atoms with Gasteiger partial charge in [0.15, 0.2) is 0 Å². The normalized spacial score (nSPS) is 15.4. The minimum absolute atomic E-state index is 0.113. The summed E-state index contributed by atoms with van der Waals surface area (Å²) < 4.78 is 10.6. The third kappa shape index (κ3) is 5.40. The molecular formula is C26H25N3O5. The molecule has 1 aliphatic heterocycles. The number of ether oxygens (including phenoxy) is 2. The predicted molar refractivity (Wildman–Crippen MR) is 126 cm³/mol. The summed E-state index contributed by atoms with van der Waals surface area (Å²) in [6.45, 7) is 1.61. The highest BCUT2D eigenvalue weighted by Crippen LogP contribution is 2.28. The molecule has 4 rings (SSSR count). The third-order valence-electron chi connectivity index (χ3n) is 5.40. The largest absolute Gasteiger partial charge is 0.463 e. The van der Waals surface area contributed by atoms with Crippen molar-refractivity contribution in [2.45, 2.75) is 25.8 Å².